The van der Waals surface area contributed by atoms with Crippen molar-refractivity contribution in [3.05, 3.63) is 0 Å². The van der Waals surface area contributed by atoms with Crippen LogP contribution in [0.4, 0.5) is 0 Å². The molecule has 0 aliphatic rings. The fraction of sp³-hybridized carbons (Fsp3) is 0.920. The van der Waals surface area contributed by atoms with E-state index in [4.69, 9.17) is 9.84 Å². The Kier molecular flexibility index (Phi) is 29.3. The van der Waals surface area contributed by atoms with E-state index in [2.05, 4.69) is 13.8 Å². The van der Waals surface area contributed by atoms with Crippen LogP contribution in [0, 0.1) is 0 Å². The molecule has 0 aromatic rings. The van der Waals surface area contributed by atoms with Crippen LogP contribution in [0.2, 0.25) is 0 Å². The Labute approximate surface area is 229 Å². The second-order valence-electron chi connectivity index (χ2n) is 8.94. The summed E-state index contributed by atoms with van der Waals surface area (Å²) in [6, 6.07) is 0. The van der Waals surface area contributed by atoms with Crippen LogP contribution in [-0.4, -0.2) is 22.6 Å². The number of hydrogen-bond acceptors (Lipinski definition) is 3. The normalized spacial score (nSPS) is 10.8. The standard InChI is InChI=1S/C25H48O4.Li.Na.2H/c1-4-6-8-10-12-14-16-18-20-25(3,29-24(28)22-23(26)27)21-19-17-15-13-11-9-7-5-2;;;;/h4-22H2,1-3H3,(H,26,27);;;;/q;2*+1;2*-1. The fourth-order valence-corrected chi connectivity index (χ4v) is 3.93. The fourth-order valence-electron chi connectivity index (χ4n) is 3.93. The third-order valence-electron chi connectivity index (χ3n) is 5.77. The molecule has 0 spiro atoms. The predicted octanol–water partition coefficient (Wildman–Crippen LogP) is 2.06. The summed E-state index contributed by atoms with van der Waals surface area (Å²) >= 11 is 0. The average Bonchev–Trinajstić information content (AvgIpc) is 2.65. The molecule has 31 heavy (non-hydrogen) atoms. The van der Waals surface area contributed by atoms with Crippen molar-refractivity contribution in [2.24, 2.45) is 0 Å². The maximum Gasteiger partial charge on any atom is 1.00 e. The number of ether oxygens (including phenoxy) is 1. The van der Waals surface area contributed by atoms with Crippen molar-refractivity contribution in [1.82, 2.24) is 0 Å². The molecular formula is C25H50LiNaO4. The Morgan fingerprint density at radius 2 is 1.03 bits per heavy atom. The summed E-state index contributed by atoms with van der Waals surface area (Å²) in [5.41, 5.74) is -0.517. The molecule has 0 aliphatic carbocycles. The summed E-state index contributed by atoms with van der Waals surface area (Å²) in [6.45, 7) is 6.47. The average molecular weight is 445 g/mol. The first kappa shape index (κ1) is 36.1. The number of carbonyl (C=O) groups excluding carboxylic acids is 1. The van der Waals surface area contributed by atoms with Gasteiger partial charge in [-0.05, 0) is 32.6 Å². The van der Waals surface area contributed by atoms with Gasteiger partial charge in [0.2, 0.25) is 0 Å². The third-order valence-corrected chi connectivity index (χ3v) is 5.77. The third kappa shape index (κ3) is 25.0. The molecule has 0 bridgehead atoms. The summed E-state index contributed by atoms with van der Waals surface area (Å²) in [7, 11) is 0. The van der Waals surface area contributed by atoms with Crippen LogP contribution >= 0.6 is 0 Å². The number of aliphatic carboxylic acids is 1. The summed E-state index contributed by atoms with van der Waals surface area (Å²) < 4.78 is 5.65. The van der Waals surface area contributed by atoms with Crippen molar-refractivity contribution in [3.8, 4) is 0 Å². The second-order valence-corrected chi connectivity index (χ2v) is 8.94. The molecular weight excluding hydrogens is 394 g/mol. The van der Waals surface area contributed by atoms with Gasteiger partial charge in [0, 0.05) is 0 Å². The smallest absolute Gasteiger partial charge is 1.00 e. The zero-order valence-electron chi connectivity index (χ0n) is 23.6. The van der Waals surface area contributed by atoms with Crippen LogP contribution in [0.1, 0.15) is 146 Å². The molecule has 0 saturated heterocycles. The van der Waals surface area contributed by atoms with E-state index >= 15 is 0 Å². The Morgan fingerprint density at radius 1 is 0.710 bits per heavy atom. The van der Waals surface area contributed by atoms with Gasteiger partial charge >= 0.3 is 60.4 Å². The van der Waals surface area contributed by atoms with E-state index in [0.29, 0.717) is 0 Å². The molecule has 1 N–H and O–H groups in total. The molecule has 0 amide bonds. The van der Waals surface area contributed by atoms with Crippen molar-refractivity contribution < 1.29 is 70.7 Å². The molecule has 0 saturated carbocycles. The van der Waals surface area contributed by atoms with E-state index < -0.39 is 24.0 Å². The van der Waals surface area contributed by atoms with Gasteiger partial charge < -0.3 is 12.7 Å². The van der Waals surface area contributed by atoms with Crippen molar-refractivity contribution in [2.75, 3.05) is 0 Å². The molecule has 176 valence electrons. The van der Waals surface area contributed by atoms with E-state index in [1.807, 2.05) is 6.92 Å². The molecule has 0 radical (unpaired) electrons. The number of esters is 1. The van der Waals surface area contributed by atoms with Gasteiger partial charge in [0.15, 0.2) is 0 Å². The van der Waals surface area contributed by atoms with Crippen molar-refractivity contribution in [3.63, 3.8) is 0 Å². The van der Waals surface area contributed by atoms with Gasteiger partial charge in [-0.3, -0.25) is 9.59 Å². The number of rotatable bonds is 21. The van der Waals surface area contributed by atoms with E-state index in [0.717, 1.165) is 38.5 Å². The van der Waals surface area contributed by atoms with Crippen LogP contribution in [0.25, 0.3) is 0 Å². The van der Waals surface area contributed by atoms with Crippen molar-refractivity contribution >= 4 is 11.9 Å². The van der Waals surface area contributed by atoms with Crippen LogP contribution in [0.3, 0.4) is 0 Å². The number of hydrogen-bond donors (Lipinski definition) is 1. The largest absolute Gasteiger partial charge is 1.00 e. The SMILES string of the molecule is CCCCCCCCCCC(C)(CCCCCCCCCC)OC(=O)CC(=O)O.[H-].[H-].[Li+].[Na+]. The number of carbonyl (C=O) groups is 2. The monoisotopic (exact) mass is 444 g/mol. The van der Waals surface area contributed by atoms with Gasteiger partial charge in [-0.15, -0.1) is 0 Å². The Morgan fingerprint density at radius 3 is 1.35 bits per heavy atom. The van der Waals surface area contributed by atoms with Gasteiger partial charge in [-0.2, -0.15) is 0 Å². The molecule has 6 heteroatoms. The molecule has 0 aliphatic heterocycles. The first-order chi connectivity index (χ1) is 13.9. The molecule has 4 nitrogen and oxygen atoms in total. The zero-order valence-corrected chi connectivity index (χ0v) is 23.6. The van der Waals surface area contributed by atoms with Gasteiger partial charge in [0.25, 0.3) is 0 Å². The summed E-state index contributed by atoms with van der Waals surface area (Å²) in [4.78, 5) is 22.7. The topological polar surface area (TPSA) is 63.6 Å². The predicted molar refractivity (Wildman–Crippen MR) is 123 cm³/mol. The van der Waals surface area contributed by atoms with Crippen LogP contribution in [0.15, 0.2) is 0 Å². The Balaban J connectivity index is -0.000000653. The van der Waals surface area contributed by atoms with Crippen LogP contribution < -0.4 is 48.4 Å². The molecule has 0 aromatic carbocycles. The minimum atomic E-state index is -1.11. The van der Waals surface area contributed by atoms with Gasteiger partial charge in [0.1, 0.15) is 12.0 Å². The number of carboxylic acids is 1. The van der Waals surface area contributed by atoms with Gasteiger partial charge in [-0.25, -0.2) is 0 Å². The van der Waals surface area contributed by atoms with Crippen molar-refractivity contribution in [1.29, 1.82) is 0 Å². The Hall–Kier alpha value is 0.537. The summed E-state index contributed by atoms with van der Waals surface area (Å²) in [5.74, 6) is -1.71. The minimum absolute atomic E-state index is 0. The molecule has 0 rings (SSSR count). The van der Waals surface area contributed by atoms with E-state index in [1.54, 1.807) is 0 Å². The Bertz CT molecular complexity index is 409. The molecule has 0 heterocycles. The maximum absolute atomic E-state index is 11.9. The molecule has 0 aromatic heterocycles. The van der Waals surface area contributed by atoms with E-state index in [-0.39, 0.29) is 51.3 Å². The van der Waals surface area contributed by atoms with E-state index in [1.165, 1.54) is 77.0 Å². The maximum atomic E-state index is 11.9. The molecule has 0 fully saturated rings. The van der Waals surface area contributed by atoms with Crippen LogP contribution in [-0.2, 0) is 14.3 Å². The second kappa shape index (κ2) is 25.2. The summed E-state index contributed by atoms with van der Waals surface area (Å²) in [5, 5.41) is 8.85. The van der Waals surface area contributed by atoms with Gasteiger partial charge in [-0.1, -0.05) is 104 Å². The van der Waals surface area contributed by atoms with Crippen LogP contribution in [0.5, 0.6) is 0 Å². The minimum Gasteiger partial charge on any atom is -1.00 e. The van der Waals surface area contributed by atoms with E-state index in [9.17, 15) is 9.59 Å². The molecule has 0 unspecified atom stereocenters. The number of unbranched alkanes of at least 4 members (excludes halogenated alkanes) is 14. The zero-order chi connectivity index (χ0) is 21.8. The first-order valence-corrected chi connectivity index (χ1v) is 12.4. The summed E-state index contributed by atoms with van der Waals surface area (Å²) in [6.07, 6.45) is 21.1. The number of carboxylic acid groups (broad SMARTS) is 1. The quantitative estimate of drug-likeness (QED) is 0.127. The van der Waals surface area contributed by atoms with Crippen molar-refractivity contribution in [2.45, 2.75) is 148 Å². The molecule has 0 atom stereocenters. The van der Waals surface area contributed by atoms with Gasteiger partial charge in [0.05, 0.1) is 0 Å². The first-order valence-electron chi connectivity index (χ1n) is 12.4.